The first-order chi connectivity index (χ1) is 15.9. The lowest BCUT2D eigenvalue weighted by atomic mass is 10.3. The second kappa shape index (κ2) is 8.00. The Balaban J connectivity index is 1.26. The van der Waals surface area contributed by atoms with E-state index in [0.29, 0.717) is 32.0 Å². The summed E-state index contributed by atoms with van der Waals surface area (Å²) in [4.78, 5) is 49.6. The molecule has 0 aromatic carbocycles. The third kappa shape index (κ3) is 3.56. The van der Waals surface area contributed by atoms with Crippen LogP contribution in [0.4, 0.5) is 5.82 Å². The van der Waals surface area contributed by atoms with Gasteiger partial charge in [0, 0.05) is 52.7 Å². The van der Waals surface area contributed by atoms with E-state index in [-0.39, 0.29) is 23.6 Å². The van der Waals surface area contributed by atoms with Crippen molar-refractivity contribution in [3.63, 3.8) is 0 Å². The standard InChI is InChI=1S/C20H22N10O3/c1-25-18-17(19(32)26(2)20(25)33)30(13-22-18)11-16(31)28-9-7-27(8-10-28)14-3-4-15(24-23-14)29-6-5-21-12-29/h3-6,12-13H,7-11H2,1-2H3. The Morgan fingerprint density at radius 1 is 0.970 bits per heavy atom. The maximum atomic E-state index is 12.9. The molecule has 0 aliphatic carbocycles. The van der Waals surface area contributed by atoms with Crippen molar-refractivity contribution >= 4 is 22.9 Å². The molecule has 0 N–H and O–H groups in total. The van der Waals surface area contributed by atoms with Crippen molar-refractivity contribution in [3.8, 4) is 5.82 Å². The number of hydrogen-bond donors (Lipinski definition) is 0. The number of carbonyl (C=O) groups excluding carboxylic acids is 1. The summed E-state index contributed by atoms with van der Waals surface area (Å²) in [5.74, 6) is 1.31. The van der Waals surface area contributed by atoms with E-state index in [9.17, 15) is 14.4 Å². The Hall–Kier alpha value is -4.29. The van der Waals surface area contributed by atoms with Crippen molar-refractivity contribution in [2.75, 3.05) is 31.1 Å². The average molecular weight is 450 g/mol. The van der Waals surface area contributed by atoms with Crippen LogP contribution in [0.15, 0.2) is 46.8 Å². The fourth-order valence-electron chi connectivity index (χ4n) is 3.97. The number of piperazine rings is 1. The minimum atomic E-state index is -0.471. The van der Waals surface area contributed by atoms with Gasteiger partial charge in [0.25, 0.3) is 5.56 Å². The van der Waals surface area contributed by atoms with E-state index in [4.69, 9.17) is 0 Å². The van der Waals surface area contributed by atoms with Gasteiger partial charge in [0.1, 0.15) is 12.9 Å². The predicted molar refractivity (Wildman–Crippen MR) is 118 cm³/mol. The summed E-state index contributed by atoms with van der Waals surface area (Å²) in [7, 11) is 2.96. The van der Waals surface area contributed by atoms with Gasteiger partial charge in [-0.25, -0.2) is 14.8 Å². The fraction of sp³-hybridized carbons (Fsp3) is 0.350. The van der Waals surface area contributed by atoms with Crippen molar-refractivity contribution in [2.24, 2.45) is 14.1 Å². The quantitative estimate of drug-likeness (QED) is 0.378. The molecule has 1 aliphatic heterocycles. The molecule has 5 rings (SSSR count). The third-order valence-electron chi connectivity index (χ3n) is 5.88. The smallest absolute Gasteiger partial charge is 0.332 e. The highest BCUT2D eigenvalue weighted by molar-refractivity contribution is 5.79. The minimum absolute atomic E-state index is 0.0245. The van der Waals surface area contributed by atoms with Gasteiger partial charge in [-0.15, -0.1) is 10.2 Å². The van der Waals surface area contributed by atoms with Crippen molar-refractivity contribution in [3.05, 3.63) is 58.0 Å². The maximum absolute atomic E-state index is 12.9. The van der Waals surface area contributed by atoms with Gasteiger partial charge in [-0.1, -0.05) is 0 Å². The van der Waals surface area contributed by atoms with Crippen molar-refractivity contribution < 1.29 is 4.79 Å². The highest BCUT2D eigenvalue weighted by Gasteiger charge is 2.24. The zero-order chi connectivity index (χ0) is 23.1. The van der Waals surface area contributed by atoms with Gasteiger partial charge in [0.15, 0.2) is 22.8 Å². The Morgan fingerprint density at radius 2 is 1.70 bits per heavy atom. The molecule has 0 saturated carbocycles. The molecular weight excluding hydrogens is 428 g/mol. The molecule has 1 aliphatic rings. The van der Waals surface area contributed by atoms with E-state index in [0.717, 1.165) is 10.4 Å². The molecule has 33 heavy (non-hydrogen) atoms. The first-order valence-electron chi connectivity index (χ1n) is 10.4. The second-order valence-electron chi connectivity index (χ2n) is 7.84. The van der Waals surface area contributed by atoms with Crippen LogP contribution in [0.1, 0.15) is 0 Å². The molecule has 170 valence electrons. The van der Waals surface area contributed by atoms with E-state index in [1.807, 2.05) is 12.1 Å². The van der Waals surface area contributed by atoms with Gasteiger partial charge in [-0.2, -0.15) is 0 Å². The van der Waals surface area contributed by atoms with Gasteiger partial charge in [-0.3, -0.25) is 23.3 Å². The molecule has 0 bridgehead atoms. The first kappa shape index (κ1) is 20.6. The molecule has 4 aromatic rings. The number of amides is 1. The number of nitrogens with zero attached hydrogens (tertiary/aromatic N) is 10. The van der Waals surface area contributed by atoms with Crippen LogP contribution in [0.5, 0.6) is 0 Å². The number of aromatic nitrogens is 8. The van der Waals surface area contributed by atoms with Crippen molar-refractivity contribution in [1.29, 1.82) is 0 Å². The lowest BCUT2D eigenvalue weighted by Crippen LogP contribution is -2.50. The van der Waals surface area contributed by atoms with Gasteiger partial charge in [0.05, 0.1) is 6.33 Å². The summed E-state index contributed by atoms with van der Waals surface area (Å²) in [6, 6.07) is 3.77. The van der Waals surface area contributed by atoms with E-state index >= 15 is 0 Å². The van der Waals surface area contributed by atoms with E-state index in [1.54, 1.807) is 35.2 Å². The van der Waals surface area contributed by atoms with Crippen molar-refractivity contribution in [1.82, 2.24) is 43.3 Å². The highest BCUT2D eigenvalue weighted by atomic mass is 16.2. The van der Waals surface area contributed by atoms with Crippen LogP contribution in [0.25, 0.3) is 17.0 Å². The van der Waals surface area contributed by atoms with Gasteiger partial charge in [0.2, 0.25) is 5.91 Å². The zero-order valence-corrected chi connectivity index (χ0v) is 18.2. The molecule has 1 amide bonds. The van der Waals surface area contributed by atoms with Crippen LogP contribution in [0.3, 0.4) is 0 Å². The molecule has 0 unspecified atom stereocenters. The number of anilines is 1. The summed E-state index contributed by atoms with van der Waals surface area (Å²) < 4.78 is 5.60. The zero-order valence-electron chi connectivity index (χ0n) is 18.2. The average Bonchev–Trinajstić information content (AvgIpc) is 3.52. The lowest BCUT2D eigenvalue weighted by molar-refractivity contribution is -0.132. The molecular formula is C20H22N10O3. The Labute approximate surface area is 187 Å². The van der Waals surface area contributed by atoms with E-state index in [2.05, 4.69) is 25.1 Å². The van der Waals surface area contributed by atoms with Crippen LogP contribution < -0.4 is 16.1 Å². The summed E-state index contributed by atoms with van der Waals surface area (Å²) in [6.07, 6.45) is 6.56. The molecule has 0 atom stereocenters. The monoisotopic (exact) mass is 450 g/mol. The van der Waals surface area contributed by atoms with Crippen molar-refractivity contribution in [2.45, 2.75) is 6.54 Å². The topological polar surface area (TPSA) is 129 Å². The number of aryl methyl sites for hydroxylation is 1. The molecule has 0 spiro atoms. The Bertz CT molecular complexity index is 1420. The Kier molecular flexibility index (Phi) is 4.99. The number of rotatable bonds is 4. The molecule has 4 aromatic heterocycles. The molecule has 13 heteroatoms. The summed E-state index contributed by atoms with van der Waals surface area (Å²) >= 11 is 0. The molecule has 0 radical (unpaired) electrons. The minimum Gasteiger partial charge on any atom is -0.352 e. The SMILES string of the molecule is Cn1c(=O)c2c(ncn2CC(=O)N2CCN(c3ccc(-n4ccnc4)nn3)CC2)n(C)c1=O. The molecule has 13 nitrogen and oxygen atoms in total. The molecule has 1 saturated heterocycles. The fourth-order valence-corrected chi connectivity index (χ4v) is 3.97. The predicted octanol–water partition coefficient (Wildman–Crippen LogP) is -1.24. The number of fused-ring (bicyclic) bond motifs is 1. The van der Waals surface area contributed by atoms with Crippen LogP contribution >= 0.6 is 0 Å². The third-order valence-corrected chi connectivity index (χ3v) is 5.88. The first-order valence-corrected chi connectivity index (χ1v) is 10.4. The Morgan fingerprint density at radius 3 is 2.36 bits per heavy atom. The lowest BCUT2D eigenvalue weighted by Gasteiger charge is -2.35. The largest absolute Gasteiger partial charge is 0.352 e. The molecule has 5 heterocycles. The van der Waals surface area contributed by atoms with Gasteiger partial charge < -0.3 is 14.4 Å². The number of hydrogen-bond acceptors (Lipinski definition) is 8. The van der Waals surface area contributed by atoms with Crippen LogP contribution in [-0.2, 0) is 25.4 Å². The summed E-state index contributed by atoms with van der Waals surface area (Å²) in [6.45, 7) is 2.25. The van der Waals surface area contributed by atoms with E-state index < -0.39 is 11.2 Å². The molecule has 1 fully saturated rings. The highest BCUT2D eigenvalue weighted by Crippen LogP contribution is 2.15. The van der Waals surface area contributed by atoms with E-state index in [1.165, 1.54) is 22.5 Å². The normalized spacial score (nSPS) is 14.2. The summed E-state index contributed by atoms with van der Waals surface area (Å²) in [5.41, 5.74) is -0.430. The number of imidazole rings is 2. The number of carbonyl (C=O) groups is 1. The van der Waals surface area contributed by atoms with Gasteiger partial charge >= 0.3 is 5.69 Å². The maximum Gasteiger partial charge on any atom is 0.332 e. The van der Waals surface area contributed by atoms with Crippen LogP contribution in [0, 0.1) is 0 Å². The van der Waals surface area contributed by atoms with Crippen LogP contribution in [-0.4, -0.2) is 75.4 Å². The summed E-state index contributed by atoms with van der Waals surface area (Å²) in [5, 5.41) is 8.55. The second-order valence-corrected chi connectivity index (χ2v) is 7.84. The van der Waals surface area contributed by atoms with Crippen LogP contribution in [0.2, 0.25) is 0 Å². The van der Waals surface area contributed by atoms with Gasteiger partial charge in [-0.05, 0) is 12.1 Å².